The van der Waals surface area contributed by atoms with Gasteiger partial charge in [0, 0.05) is 31.2 Å². The Morgan fingerprint density at radius 2 is 2.05 bits per heavy atom. The van der Waals surface area contributed by atoms with Crippen molar-refractivity contribution in [2.75, 3.05) is 13.7 Å². The van der Waals surface area contributed by atoms with Crippen LogP contribution in [0.4, 0.5) is 0 Å². The van der Waals surface area contributed by atoms with Gasteiger partial charge in [-0.05, 0) is 43.9 Å². The quantitative estimate of drug-likeness (QED) is 0.683. The van der Waals surface area contributed by atoms with Gasteiger partial charge in [-0.25, -0.2) is 0 Å². The average Bonchev–Trinajstić information content (AvgIpc) is 2.52. The summed E-state index contributed by atoms with van der Waals surface area (Å²) in [6.07, 6.45) is 2.25. The SMILES string of the molecule is CCC(C)(CCO)NC(=O)CCc1cccc(C(=O)NC)c1. The monoisotopic (exact) mass is 306 g/mol. The summed E-state index contributed by atoms with van der Waals surface area (Å²) in [7, 11) is 1.59. The third-order valence-corrected chi connectivity index (χ3v) is 3.94. The molecule has 1 rings (SSSR count). The molecule has 0 aromatic heterocycles. The molecule has 0 aliphatic heterocycles. The molecule has 0 heterocycles. The van der Waals surface area contributed by atoms with E-state index in [1.807, 2.05) is 26.0 Å². The molecule has 1 unspecified atom stereocenters. The van der Waals surface area contributed by atoms with Gasteiger partial charge in [-0.2, -0.15) is 0 Å². The number of rotatable bonds is 8. The van der Waals surface area contributed by atoms with Crippen LogP contribution in [0.15, 0.2) is 24.3 Å². The molecule has 2 amide bonds. The first-order valence-corrected chi connectivity index (χ1v) is 7.67. The predicted octanol–water partition coefficient (Wildman–Crippen LogP) is 1.65. The van der Waals surface area contributed by atoms with Crippen molar-refractivity contribution in [1.29, 1.82) is 0 Å². The molecule has 5 heteroatoms. The molecule has 0 aliphatic carbocycles. The largest absolute Gasteiger partial charge is 0.396 e. The second-order valence-electron chi connectivity index (χ2n) is 5.72. The van der Waals surface area contributed by atoms with Gasteiger partial charge in [0.2, 0.25) is 5.91 Å². The molecule has 0 aliphatic rings. The van der Waals surface area contributed by atoms with E-state index in [4.69, 9.17) is 5.11 Å². The van der Waals surface area contributed by atoms with Gasteiger partial charge in [0.25, 0.3) is 5.91 Å². The summed E-state index contributed by atoms with van der Waals surface area (Å²) in [4.78, 5) is 23.7. The Morgan fingerprint density at radius 1 is 1.32 bits per heavy atom. The van der Waals surface area contributed by atoms with Gasteiger partial charge < -0.3 is 15.7 Å². The summed E-state index contributed by atoms with van der Waals surface area (Å²) in [6, 6.07) is 7.28. The van der Waals surface area contributed by atoms with Crippen molar-refractivity contribution < 1.29 is 14.7 Å². The maximum Gasteiger partial charge on any atom is 0.251 e. The summed E-state index contributed by atoms with van der Waals surface area (Å²) in [6.45, 7) is 3.98. The smallest absolute Gasteiger partial charge is 0.251 e. The minimum atomic E-state index is -0.365. The fourth-order valence-electron chi connectivity index (χ4n) is 2.24. The molecule has 0 saturated heterocycles. The maximum absolute atomic E-state index is 12.1. The van der Waals surface area contributed by atoms with Crippen LogP contribution >= 0.6 is 0 Å². The highest BCUT2D eigenvalue weighted by Gasteiger charge is 2.23. The summed E-state index contributed by atoms with van der Waals surface area (Å²) < 4.78 is 0. The van der Waals surface area contributed by atoms with Gasteiger partial charge in [0.05, 0.1) is 0 Å². The molecular formula is C17H26N2O3. The molecule has 5 nitrogen and oxygen atoms in total. The van der Waals surface area contributed by atoms with Gasteiger partial charge in [0.15, 0.2) is 0 Å². The zero-order chi connectivity index (χ0) is 16.6. The van der Waals surface area contributed by atoms with Crippen LogP contribution in [0.25, 0.3) is 0 Å². The number of aryl methyl sites for hydroxylation is 1. The van der Waals surface area contributed by atoms with Crippen molar-refractivity contribution in [1.82, 2.24) is 10.6 Å². The van der Waals surface area contributed by atoms with Crippen molar-refractivity contribution in [3.05, 3.63) is 35.4 Å². The molecule has 0 fully saturated rings. The van der Waals surface area contributed by atoms with E-state index in [0.717, 1.165) is 12.0 Å². The Hall–Kier alpha value is -1.88. The molecule has 0 spiro atoms. The van der Waals surface area contributed by atoms with Crippen molar-refractivity contribution in [3.8, 4) is 0 Å². The molecule has 0 radical (unpaired) electrons. The van der Waals surface area contributed by atoms with Crippen LogP contribution in [0.5, 0.6) is 0 Å². The minimum absolute atomic E-state index is 0.0388. The summed E-state index contributed by atoms with van der Waals surface area (Å²) in [5, 5.41) is 14.6. The second kappa shape index (κ2) is 8.54. The number of carbonyl (C=O) groups is 2. The highest BCUT2D eigenvalue weighted by Crippen LogP contribution is 2.14. The van der Waals surface area contributed by atoms with Gasteiger partial charge >= 0.3 is 0 Å². The lowest BCUT2D eigenvalue weighted by atomic mass is 9.94. The molecule has 1 aromatic carbocycles. The van der Waals surface area contributed by atoms with E-state index < -0.39 is 0 Å². The first-order chi connectivity index (χ1) is 10.4. The molecule has 1 atom stereocenters. The summed E-state index contributed by atoms with van der Waals surface area (Å²) >= 11 is 0. The lowest BCUT2D eigenvalue weighted by molar-refractivity contribution is -0.123. The van der Waals surface area contributed by atoms with Crippen LogP contribution in [0.3, 0.4) is 0 Å². The van der Waals surface area contributed by atoms with E-state index in [1.165, 1.54) is 0 Å². The van der Waals surface area contributed by atoms with Gasteiger partial charge in [-0.3, -0.25) is 9.59 Å². The number of aliphatic hydroxyl groups is 1. The van der Waals surface area contributed by atoms with Crippen LogP contribution < -0.4 is 10.6 Å². The van der Waals surface area contributed by atoms with E-state index >= 15 is 0 Å². The number of aliphatic hydroxyl groups excluding tert-OH is 1. The highest BCUT2D eigenvalue weighted by molar-refractivity contribution is 5.94. The Balaban J connectivity index is 2.59. The fourth-order valence-corrected chi connectivity index (χ4v) is 2.24. The summed E-state index contributed by atoms with van der Waals surface area (Å²) in [5.74, 6) is -0.170. The third-order valence-electron chi connectivity index (χ3n) is 3.94. The van der Waals surface area contributed by atoms with Crippen molar-refractivity contribution >= 4 is 11.8 Å². The van der Waals surface area contributed by atoms with Crippen LogP contribution in [0, 0.1) is 0 Å². The predicted molar refractivity (Wildman–Crippen MR) is 86.7 cm³/mol. The van der Waals surface area contributed by atoms with Gasteiger partial charge in [-0.15, -0.1) is 0 Å². The molecule has 1 aromatic rings. The molecule has 122 valence electrons. The highest BCUT2D eigenvalue weighted by atomic mass is 16.3. The van der Waals surface area contributed by atoms with Gasteiger partial charge in [0.1, 0.15) is 0 Å². The lowest BCUT2D eigenvalue weighted by Crippen LogP contribution is -2.46. The number of carbonyl (C=O) groups excluding carboxylic acids is 2. The van der Waals surface area contributed by atoms with Crippen LogP contribution in [-0.4, -0.2) is 36.1 Å². The van der Waals surface area contributed by atoms with E-state index in [9.17, 15) is 9.59 Å². The van der Waals surface area contributed by atoms with Crippen LogP contribution in [0.1, 0.15) is 49.0 Å². The van der Waals surface area contributed by atoms with Crippen LogP contribution in [0.2, 0.25) is 0 Å². The number of nitrogens with one attached hydrogen (secondary N) is 2. The molecule has 0 saturated carbocycles. The first-order valence-electron chi connectivity index (χ1n) is 7.67. The lowest BCUT2D eigenvalue weighted by Gasteiger charge is -2.29. The zero-order valence-electron chi connectivity index (χ0n) is 13.6. The number of amides is 2. The Labute approximate surface area is 132 Å². The average molecular weight is 306 g/mol. The van der Waals surface area contributed by atoms with E-state index in [1.54, 1.807) is 19.2 Å². The second-order valence-corrected chi connectivity index (χ2v) is 5.72. The topological polar surface area (TPSA) is 78.4 Å². The Kier molecular flexibility index (Phi) is 7.05. The van der Waals surface area contributed by atoms with E-state index in [2.05, 4.69) is 10.6 Å². The van der Waals surface area contributed by atoms with Crippen molar-refractivity contribution in [3.63, 3.8) is 0 Å². The van der Waals surface area contributed by atoms with Crippen molar-refractivity contribution in [2.24, 2.45) is 0 Å². The number of hydrogen-bond donors (Lipinski definition) is 3. The first kappa shape index (κ1) is 18.2. The van der Waals surface area contributed by atoms with Gasteiger partial charge in [-0.1, -0.05) is 19.1 Å². The number of hydrogen-bond acceptors (Lipinski definition) is 3. The van der Waals surface area contributed by atoms with E-state index in [-0.39, 0.29) is 24.0 Å². The third kappa shape index (κ3) is 5.48. The Morgan fingerprint density at radius 3 is 2.64 bits per heavy atom. The molecule has 22 heavy (non-hydrogen) atoms. The normalized spacial score (nSPS) is 13.3. The van der Waals surface area contributed by atoms with E-state index in [0.29, 0.717) is 24.8 Å². The summed E-state index contributed by atoms with van der Waals surface area (Å²) in [5.41, 5.74) is 1.19. The maximum atomic E-state index is 12.1. The molecule has 0 bridgehead atoms. The molecular weight excluding hydrogens is 280 g/mol. The van der Waals surface area contributed by atoms with Crippen molar-refractivity contribution in [2.45, 2.75) is 45.1 Å². The van der Waals surface area contributed by atoms with Crippen LogP contribution in [-0.2, 0) is 11.2 Å². The number of benzene rings is 1. The minimum Gasteiger partial charge on any atom is -0.396 e. The standard InChI is InChI=1S/C17H26N2O3/c1-4-17(2,10-11-20)19-15(21)9-8-13-6-5-7-14(12-13)16(22)18-3/h5-7,12,20H,4,8-11H2,1-3H3,(H,18,22)(H,19,21). The Bertz CT molecular complexity index is 516. The molecule has 3 N–H and O–H groups in total. The fraction of sp³-hybridized carbons (Fsp3) is 0.529. The zero-order valence-corrected chi connectivity index (χ0v) is 13.6.